The van der Waals surface area contributed by atoms with Crippen LogP contribution in [0.25, 0.3) is 0 Å². The zero-order valence-corrected chi connectivity index (χ0v) is 13.6. The molecule has 2 atom stereocenters. The molecule has 1 aliphatic rings. The monoisotopic (exact) mass is 355 g/mol. The lowest BCUT2D eigenvalue weighted by Crippen LogP contribution is -2.46. The van der Waals surface area contributed by atoms with Crippen molar-refractivity contribution in [3.63, 3.8) is 0 Å². The molecule has 0 radical (unpaired) electrons. The highest BCUT2D eigenvalue weighted by Gasteiger charge is 2.33. The predicted molar refractivity (Wildman–Crippen MR) is 81.6 cm³/mol. The summed E-state index contributed by atoms with van der Waals surface area (Å²) >= 11 is 3.35. The van der Waals surface area contributed by atoms with Gasteiger partial charge in [-0.1, -0.05) is 15.9 Å². The van der Waals surface area contributed by atoms with Crippen LogP contribution in [-0.2, 0) is 4.79 Å². The predicted octanol–water partition coefficient (Wildman–Crippen LogP) is 2.78. The first-order chi connectivity index (χ1) is 9.93. The molecule has 1 aromatic carbocycles. The molecule has 114 valence electrons. The van der Waals surface area contributed by atoms with Crippen LogP contribution in [-0.4, -0.2) is 41.6 Å². The zero-order chi connectivity index (χ0) is 15.6. The summed E-state index contributed by atoms with van der Waals surface area (Å²) in [5.41, 5.74) is 0.501. The summed E-state index contributed by atoms with van der Waals surface area (Å²) in [5.74, 6) is -0.747. The number of aliphatic carboxylic acids is 1. The van der Waals surface area contributed by atoms with Gasteiger partial charge in [-0.2, -0.15) is 0 Å². The van der Waals surface area contributed by atoms with Crippen LogP contribution in [0.3, 0.4) is 0 Å². The highest BCUT2D eigenvalue weighted by molar-refractivity contribution is 9.10. The Morgan fingerprint density at radius 1 is 1.43 bits per heavy atom. The number of hydrogen-bond acceptors (Lipinski definition) is 3. The summed E-state index contributed by atoms with van der Waals surface area (Å²) in [7, 11) is 1.53. The van der Waals surface area contributed by atoms with Crippen LogP contribution >= 0.6 is 15.9 Å². The molecule has 1 N–H and O–H groups in total. The number of carboxylic acids is 1. The Hall–Kier alpha value is -1.56. The van der Waals surface area contributed by atoms with Crippen LogP contribution in [0.2, 0.25) is 0 Å². The number of methoxy groups -OCH3 is 1. The van der Waals surface area contributed by atoms with Crippen molar-refractivity contribution in [3.05, 3.63) is 28.2 Å². The van der Waals surface area contributed by atoms with E-state index in [0.29, 0.717) is 30.7 Å². The number of benzene rings is 1. The van der Waals surface area contributed by atoms with Gasteiger partial charge in [0.2, 0.25) is 0 Å². The first-order valence-corrected chi connectivity index (χ1v) is 7.60. The van der Waals surface area contributed by atoms with E-state index in [9.17, 15) is 9.59 Å². The van der Waals surface area contributed by atoms with Gasteiger partial charge in [0.1, 0.15) is 5.75 Å². The molecule has 1 fully saturated rings. The SMILES string of the molecule is COc1cc(Br)ccc1C(=O)N1CCC(C(=O)O)CC1C. The number of rotatable bonds is 3. The smallest absolute Gasteiger partial charge is 0.306 e. The second-order valence-electron chi connectivity index (χ2n) is 5.25. The van der Waals surface area contributed by atoms with E-state index in [1.807, 2.05) is 6.92 Å². The molecule has 2 rings (SSSR count). The Bertz CT molecular complexity index is 561. The van der Waals surface area contributed by atoms with E-state index in [1.165, 1.54) is 7.11 Å². The minimum Gasteiger partial charge on any atom is -0.496 e. The van der Waals surface area contributed by atoms with Crippen molar-refractivity contribution in [2.24, 2.45) is 5.92 Å². The Morgan fingerprint density at radius 3 is 2.71 bits per heavy atom. The summed E-state index contributed by atoms with van der Waals surface area (Å²) in [4.78, 5) is 25.4. The Labute approximate surface area is 132 Å². The first-order valence-electron chi connectivity index (χ1n) is 6.81. The molecule has 0 saturated carbocycles. The van der Waals surface area contributed by atoms with Gasteiger partial charge in [-0.3, -0.25) is 9.59 Å². The van der Waals surface area contributed by atoms with E-state index in [-0.39, 0.29) is 17.9 Å². The summed E-state index contributed by atoms with van der Waals surface area (Å²) < 4.78 is 6.10. The van der Waals surface area contributed by atoms with Gasteiger partial charge in [-0.15, -0.1) is 0 Å². The number of likely N-dealkylation sites (tertiary alicyclic amines) is 1. The van der Waals surface area contributed by atoms with Crippen LogP contribution < -0.4 is 4.74 Å². The largest absolute Gasteiger partial charge is 0.496 e. The van der Waals surface area contributed by atoms with Crippen LogP contribution in [0.1, 0.15) is 30.1 Å². The second kappa shape index (κ2) is 6.47. The van der Waals surface area contributed by atoms with E-state index in [0.717, 1.165) is 4.47 Å². The Morgan fingerprint density at radius 2 is 2.14 bits per heavy atom. The maximum atomic E-state index is 12.7. The molecule has 0 aliphatic carbocycles. The van der Waals surface area contributed by atoms with E-state index in [4.69, 9.17) is 9.84 Å². The molecule has 1 heterocycles. The van der Waals surface area contributed by atoms with Gasteiger partial charge in [0.05, 0.1) is 18.6 Å². The molecule has 21 heavy (non-hydrogen) atoms. The Kier molecular flexibility index (Phi) is 4.88. The normalized spacial score (nSPS) is 22.0. The molecule has 1 aromatic rings. The summed E-state index contributed by atoms with van der Waals surface area (Å²) in [6, 6.07) is 5.17. The van der Waals surface area contributed by atoms with Gasteiger partial charge < -0.3 is 14.7 Å². The van der Waals surface area contributed by atoms with Gasteiger partial charge in [0.15, 0.2) is 0 Å². The van der Waals surface area contributed by atoms with Gasteiger partial charge in [-0.05, 0) is 38.0 Å². The van der Waals surface area contributed by atoms with E-state index >= 15 is 0 Å². The minimum atomic E-state index is -0.782. The Balaban J connectivity index is 2.19. The van der Waals surface area contributed by atoms with Crippen molar-refractivity contribution < 1.29 is 19.4 Å². The van der Waals surface area contributed by atoms with Crippen molar-refractivity contribution in [1.29, 1.82) is 0 Å². The van der Waals surface area contributed by atoms with E-state index in [2.05, 4.69) is 15.9 Å². The number of hydrogen-bond donors (Lipinski definition) is 1. The maximum Gasteiger partial charge on any atom is 0.306 e. The maximum absolute atomic E-state index is 12.7. The number of halogens is 1. The fourth-order valence-electron chi connectivity index (χ4n) is 2.69. The van der Waals surface area contributed by atoms with Crippen molar-refractivity contribution in [1.82, 2.24) is 4.90 Å². The van der Waals surface area contributed by atoms with Crippen molar-refractivity contribution in [3.8, 4) is 5.75 Å². The molecular weight excluding hydrogens is 338 g/mol. The lowest BCUT2D eigenvalue weighted by molar-refractivity contribution is -0.143. The summed E-state index contributed by atoms with van der Waals surface area (Å²) in [6.07, 6.45) is 0.976. The molecular formula is C15H18BrNO4. The lowest BCUT2D eigenvalue weighted by Gasteiger charge is -2.36. The summed E-state index contributed by atoms with van der Waals surface area (Å²) in [6.45, 7) is 2.34. The van der Waals surface area contributed by atoms with Gasteiger partial charge in [0, 0.05) is 17.1 Å². The average molecular weight is 356 g/mol. The molecule has 1 amide bonds. The van der Waals surface area contributed by atoms with E-state index < -0.39 is 5.97 Å². The second-order valence-corrected chi connectivity index (χ2v) is 6.17. The highest BCUT2D eigenvalue weighted by atomic mass is 79.9. The molecule has 1 aliphatic heterocycles. The molecule has 2 unspecified atom stereocenters. The van der Waals surface area contributed by atoms with Crippen LogP contribution in [0.5, 0.6) is 5.75 Å². The highest BCUT2D eigenvalue weighted by Crippen LogP contribution is 2.29. The lowest BCUT2D eigenvalue weighted by atomic mass is 9.91. The number of carboxylic acid groups (broad SMARTS) is 1. The third kappa shape index (κ3) is 3.37. The zero-order valence-electron chi connectivity index (χ0n) is 12.0. The number of nitrogens with zero attached hydrogens (tertiary/aromatic N) is 1. The number of carbonyl (C=O) groups excluding carboxylic acids is 1. The minimum absolute atomic E-state index is 0.0966. The molecule has 1 saturated heterocycles. The molecule has 0 aromatic heterocycles. The number of ether oxygens (including phenoxy) is 1. The summed E-state index contributed by atoms with van der Waals surface area (Å²) in [5, 5.41) is 9.08. The van der Waals surface area contributed by atoms with Crippen LogP contribution in [0.4, 0.5) is 0 Å². The van der Waals surface area contributed by atoms with Crippen molar-refractivity contribution in [2.45, 2.75) is 25.8 Å². The van der Waals surface area contributed by atoms with Gasteiger partial charge in [0.25, 0.3) is 5.91 Å². The van der Waals surface area contributed by atoms with Crippen molar-refractivity contribution >= 4 is 27.8 Å². The molecule has 0 spiro atoms. The van der Waals surface area contributed by atoms with Gasteiger partial charge >= 0.3 is 5.97 Å². The fraction of sp³-hybridized carbons (Fsp3) is 0.467. The van der Waals surface area contributed by atoms with Crippen LogP contribution in [0, 0.1) is 5.92 Å². The fourth-order valence-corrected chi connectivity index (χ4v) is 3.03. The molecule has 6 heteroatoms. The third-order valence-corrected chi connectivity index (χ3v) is 4.37. The topological polar surface area (TPSA) is 66.8 Å². The number of amides is 1. The average Bonchev–Trinajstić information content (AvgIpc) is 2.46. The van der Waals surface area contributed by atoms with Gasteiger partial charge in [-0.25, -0.2) is 0 Å². The number of carbonyl (C=O) groups is 2. The van der Waals surface area contributed by atoms with E-state index in [1.54, 1.807) is 23.1 Å². The molecule has 5 nitrogen and oxygen atoms in total. The molecule has 0 bridgehead atoms. The van der Waals surface area contributed by atoms with Crippen molar-refractivity contribution in [2.75, 3.05) is 13.7 Å². The van der Waals surface area contributed by atoms with Crippen LogP contribution in [0.15, 0.2) is 22.7 Å². The number of piperidine rings is 1. The third-order valence-electron chi connectivity index (χ3n) is 3.88. The standard InChI is InChI=1S/C15H18BrNO4/c1-9-7-10(15(19)20)5-6-17(9)14(18)12-4-3-11(16)8-13(12)21-2/h3-4,8-10H,5-7H2,1-2H3,(H,19,20). The quantitative estimate of drug-likeness (QED) is 0.905. The first kappa shape index (κ1) is 15.8.